The van der Waals surface area contributed by atoms with E-state index in [1.807, 2.05) is 32.9 Å². The largest absolute Gasteiger partial charge is 0.487 e. The minimum atomic E-state index is 0.134. The lowest BCUT2D eigenvalue weighted by molar-refractivity contribution is 0.167. The van der Waals surface area contributed by atoms with Gasteiger partial charge in [0, 0.05) is 12.7 Å². The van der Waals surface area contributed by atoms with Crippen LogP contribution in [0.15, 0.2) is 30.5 Å². The van der Waals surface area contributed by atoms with Crippen LogP contribution < -0.4 is 10.1 Å². The number of ether oxygens (including phenoxy) is 2. The predicted molar refractivity (Wildman–Crippen MR) is 74.1 cm³/mol. The van der Waals surface area contributed by atoms with E-state index in [9.17, 15) is 0 Å². The summed E-state index contributed by atoms with van der Waals surface area (Å²) in [6, 6.07) is 3.77. The first-order chi connectivity index (χ1) is 8.59. The maximum Gasteiger partial charge on any atom is 0.168 e. The Kier molecular flexibility index (Phi) is 6.22. The number of nitrogens with one attached hydrogen (secondary N) is 1. The number of nitrogens with zero attached hydrogens (tertiary/aromatic N) is 1. The molecule has 0 unspecified atom stereocenters. The maximum absolute atomic E-state index is 5.66. The van der Waals surface area contributed by atoms with Crippen molar-refractivity contribution in [2.75, 3.05) is 25.1 Å². The van der Waals surface area contributed by atoms with Gasteiger partial charge in [-0.1, -0.05) is 12.2 Å². The van der Waals surface area contributed by atoms with Gasteiger partial charge in [-0.15, -0.1) is 0 Å². The molecule has 1 N–H and O–H groups in total. The normalized spacial score (nSPS) is 10.4. The van der Waals surface area contributed by atoms with Gasteiger partial charge in [0.15, 0.2) is 11.6 Å². The Bertz CT molecular complexity index is 378. The van der Waals surface area contributed by atoms with Gasteiger partial charge >= 0.3 is 0 Å². The van der Waals surface area contributed by atoms with Crippen LogP contribution in [-0.4, -0.2) is 30.8 Å². The van der Waals surface area contributed by atoms with Gasteiger partial charge in [-0.2, -0.15) is 0 Å². The van der Waals surface area contributed by atoms with Gasteiger partial charge in [0.25, 0.3) is 0 Å². The molecule has 100 valence electrons. The molecule has 0 saturated carbocycles. The molecule has 0 bridgehead atoms. The highest BCUT2D eigenvalue weighted by molar-refractivity contribution is 5.49. The zero-order valence-corrected chi connectivity index (χ0v) is 11.4. The first kappa shape index (κ1) is 14.5. The second kappa shape index (κ2) is 7.71. The van der Waals surface area contributed by atoms with Crippen molar-refractivity contribution in [1.29, 1.82) is 0 Å². The van der Waals surface area contributed by atoms with Crippen LogP contribution in [0.5, 0.6) is 5.75 Å². The van der Waals surface area contributed by atoms with Crippen LogP contribution in [0.4, 0.5) is 5.82 Å². The summed E-state index contributed by atoms with van der Waals surface area (Å²) >= 11 is 0. The monoisotopic (exact) mass is 250 g/mol. The van der Waals surface area contributed by atoms with Crippen LogP contribution in [0.2, 0.25) is 0 Å². The summed E-state index contributed by atoms with van der Waals surface area (Å²) in [7, 11) is 0. The molecular formula is C14H22N2O2. The van der Waals surface area contributed by atoms with E-state index in [1.54, 1.807) is 6.20 Å². The molecule has 0 saturated heterocycles. The second-order valence-electron chi connectivity index (χ2n) is 4.45. The average Bonchev–Trinajstić information content (AvgIpc) is 2.29. The van der Waals surface area contributed by atoms with Crippen molar-refractivity contribution >= 4 is 5.82 Å². The Morgan fingerprint density at radius 2 is 2.28 bits per heavy atom. The summed E-state index contributed by atoms with van der Waals surface area (Å²) in [5, 5.41) is 3.20. The predicted octanol–water partition coefficient (Wildman–Crippen LogP) is 2.87. The van der Waals surface area contributed by atoms with Crippen LogP contribution in [0.3, 0.4) is 0 Å². The van der Waals surface area contributed by atoms with E-state index in [0.717, 1.165) is 17.1 Å². The van der Waals surface area contributed by atoms with E-state index >= 15 is 0 Å². The average molecular weight is 250 g/mol. The quantitative estimate of drug-likeness (QED) is 0.569. The lowest BCUT2D eigenvalue weighted by Gasteiger charge is -2.14. The SMILES string of the molecule is C=C(C)COCCNc1ncccc1OC(C)C. The summed E-state index contributed by atoms with van der Waals surface area (Å²) in [5.41, 5.74) is 1.02. The van der Waals surface area contributed by atoms with Gasteiger partial charge in [0.2, 0.25) is 0 Å². The lowest BCUT2D eigenvalue weighted by Crippen LogP contribution is -2.13. The van der Waals surface area contributed by atoms with Crippen LogP contribution in [0, 0.1) is 0 Å². The van der Waals surface area contributed by atoms with Gasteiger partial charge in [0.1, 0.15) is 0 Å². The topological polar surface area (TPSA) is 43.4 Å². The van der Waals surface area contributed by atoms with Crippen molar-refractivity contribution in [2.24, 2.45) is 0 Å². The first-order valence-electron chi connectivity index (χ1n) is 6.17. The molecule has 0 atom stereocenters. The van der Waals surface area contributed by atoms with Gasteiger partial charge < -0.3 is 14.8 Å². The molecule has 0 amide bonds. The molecule has 0 aliphatic heterocycles. The number of rotatable bonds is 8. The smallest absolute Gasteiger partial charge is 0.168 e. The molecule has 1 aromatic rings. The third-order valence-electron chi connectivity index (χ3n) is 2.02. The maximum atomic E-state index is 5.66. The summed E-state index contributed by atoms with van der Waals surface area (Å²) in [5.74, 6) is 1.53. The summed E-state index contributed by atoms with van der Waals surface area (Å²) < 4.78 is 11.1. The molecule has 4 nitrogen and oxygen atoms in total. The second-order valence-corrected chi connectivity index (χ2v) is 4.45. The van der Waals surface area contributed by atoms with Crippen molar-refractivity contribution in [1.82, 2.24) is 4.98 Å². The summed E-state index contributed by atoms with van der Waals surface area (Å²) in [6.45, 7) is 11.6. The van der Waals surface area contributed by atoms with Crippen LogP contribution in [-0.2, 0) is 4.74 Å². The third-order valence-corrected chi connectivity index (χ3v) is 2.02. The van der Waals surface area contributed by atoms with E-state index in [1.165, 1.54) is 0 Å². The lowest BCUT2D eigenvalue weighted by atomic mass is 10.4. The van der Waals surface area contributed by atoms with Crippen LogP contribution in [0.1, 0.15) is 20.8 Å². The van der Waals surface area contributed by atoms with Crippen LogP contribution >= 0.6 is 0 Å². The highest BCUT2D eigenvalue weighted by Gasteiger charge is 2.05. The minimum absolute atomic E-state index is 0.134. The van der Waals surface area contributed by atoms with Crippen molar-refractivity contribution in [2.45, 2.75) is 26.9 Å². The van der Waals surface area contributed by atoms with Gasteiger partial charge in [-0.3, -0.25) is 0 Å². The van der Waals surface area contributed by atoms with Gasteiger partial charge in [0.05, 0.1) is 19.3 Å². The first-order valence-corrected chi connectivity index (χ1v) is 6.17. The van der Waals surface area contributed by atoms with E-state index in [-0.39, 0.29) is 6.10 Å². The van der Waals surface area contributed by atoms with Crippen LogP contribution in [0.25, 0.3) is 0 Å². The number of hydrogen-bond donors (Lipinski definition) is 1. The van der Waals surface area contributed by atoms with E-state index < -0.39 is 0 Å². The van der Waals surface area contributed by atoms with E-state index in [4.69, 9.17) is 9.47 Å². The van der Waals surface area contributed by atoms with E-state index in [2.05, 4.69) is 16.9 Å². The number of hydrogen-bond acceptors (Lipinski definition) is 4. The van der Waals surface area contributed by atoms with Crippen molar-refractivity contribution in [3.05, 3.63) is 30.5 Å². The molecule has 0 fully saturated rings. The standard InChI is InChI=1S/C14H22N2O2/c1-11(2)10-17-9-8-16-14-13(18-12(3)4)6-5-7-15-14/h5-7,12H,1,8-10H2,2-4H3,(H,15,16). The molecular weight excluding hydrogens is 228 g/mol. The Balaban J connectivity index is 2.39. The Labute approximate surface area is 109 Å². The number of aromatic nitrogens is 1. The Morgan fingerprint density at radius 1 is 1.50 bits per heavy atom. The molecule has 0 spiro atoms. The molecule has 0 aliphatic carbocycles. The molecule has 0 aliphatic rings. The number of anilines is 1. The summed E-state index contributed by atoms with van der Waals surface area (Å²) in [6.07, 6.45) is 1.87. The van der Waals surface area contributed by atoms with E-state index in [0.29, 0.717) is 19.8 Å². The molecule has 0 aromatic carbocycles. The molecule has 0 radical (unpaired) electrons. The van der Waals surface area contributed by atoms with Gasteiger partial charge in [-0.05, 0) is 32.9 Å². The molecule has 4 heteroatoms. The number of pyridine rings is 1. The fourth-order valence-electron chi connectivity index (χ4n) is 1.36. The fourth-order valence-corrected chi connectivity index (χ4v) is 1.36. The highest BCUT2D eigenvalue weighted by Crippen LogP contribution is 2.21. The molecule has 1 heterocycles. The minimum Gasteiger partial charge on any atom is -0.487 e. The Hall–Kier alpha value is -1.55. The highest BCUT2D eigenvalue weighted by atomic mass is 16.5. The zero-order chi connectivity index (χ0) is 13.4. The van der Waals surface area contributed by atoms with Crippen molar-refractivity contribution < 1.29 is 9.47 Å². The molecule has 1 aromatic heterocycles. The van der Waals surface area contributed by atoms with Crippen molar-refractivity contribution in [3.8, 4) is 5.75 Å². The molecule has 18 heavy (non-hydrogen) atoms. The molecule has 1 rings (SSSR count). The third kappa shape index (κ3) is 5.68. The Morgan fingerprint density at radius 3 is 2.94 bits per heavy atom. The fraction of sp³-hybridized carbons (Fsp3) is 0.500. The van der Waals surface area contributed by atoms with Crippen molar-refractivity contribution in [3.63, 3.8) is 0 Å². The summed E-state index contributed by atoms with van der Waals surface area (Å²) in [4.78, 5) is 4.26. The zero-order valence-electron chi connectivity index (χ0n) is 11.4. The van der Waals surface area contributed by atoms with Gasteiger partial charge in [-0.25, -0.2) is 4.98 Å².